The Morgan fingerprint density at radius 1 is 1.11 bits per heavy atom. The second kappa shape index (κ2) is 13.9. The van der Waals surface area contributed by atoms with Gasteiger partial charge in [-0.2, -0.15) is 0 Å². The van der Waals surface area contributed by atoms with Crippen LogP contribution >= 0.6 is 23.2 Å². The topological polar surface area (TPSA) is 96.0 Å². The molecule has 0 bridgehead atoms. The van der Waals surface area contributed by atoms with Crippen molar-refractivity contribution in [2.24, 2.45) is 0 Å². The highest BCUT2D eigenvalue weighted by molar-refractivity contribution is 7.92. The maximum atomic E-state index is 13.4. The number of para-hydroxylation sites is 2. The van der Waals surface area contributed by atoms with Crippen LogP contribution in [0.5, 0.6) is 5.75 Å². The maximum Gasteiger partial charge on any atom is 0.242 e. The molecule has 0 aliphatic heterocycles. The fraction of sp³-hybridized carbons (Fsp3) is 0.462. The zero-order chi connectivity index (χ0) is 27.8. The van der Waals surface area contributed by atoms with Crippen molar-refractivity contribution in [2.45, 2.75) is 58.7 Å². The van der Waals surface area contributed by atoms with E-state index in [9.17, 15) is 18.0 Å². The summed E-state index contributed by atoms with van der Waals surface area (Å²) >= 11 is 12.4. The van der Waals surface area contributed by atoms with E-state index in [2.05, 4.69) is 5.32 Å². The summed E-state index contributed by atoms with van der Waals surface area (Å²) in [6.07, 6.45) is 2.11. The largest absolute Gasteiger partial charge is 0.495 e. The van der Waals surface area contributed by atoms with E-state index in [1.54, 1.807) is 49.4 Å². The highest BCUT2D eigenvalue weighted by Crippen LogP contribution is 2.30. The van der Waals surface area contributed by atoms with E-state index >= 15 is 0 Å². The fourth-order valence-electron chi connectivity index (χ4n) is 3.70. The van der Waals surface area contributed by atoms with Gasteiger partial charge in [0.25, 0.3) is 0 Å². The molecular weight excluding hydrogens is 537 g/mol. The molecule has 0 aliphatic rings. The summed E-state index contributed by atoms with van der Waals surface area (Å²) in [5, 5.41) is 3.77. The zero-order valence-corrected chi connectivity index (χ0v) is 24.2. The van der Waals surface area contributed by atoms with Gasteiger partial charge in [-0.3, -0.25) is 13.9 Å². The summed E-state index contributed by atoms with van der Waals surface area (Å²) in [6.45, 7) is 5.68. The number of hydrogen-bond donors (Lipinski definition) is 1. The van der Waals surface area contributed by atoms with Crippen molar-refractivity contribution in [3.63, 3.8) is 0 Å². The van der Waals surface area contributed by atoms with Crippen LogP contribution in [0.3, 0.4) is 0 Å². The monoisotopic (exact) mass is 571 g/mol. The van der Waals surface area contributed by atoms with Gasteiger partial charge in [-0.25, -0.2) is 8.42 Å². The average Bonchev–Trinajstić information content (AvgIpc) is 2.84. The number of carbonyl (C=O) groups is 2. The first kappa shape index (κ1) is 30.7. The fourth-order valence-corrected chi connectivity index (χ4v) is 5.14. The quantitative estimate of drug-likeness (QED) is 0.369. The highest BCUT2D eigenvalue weighted by atomic mass is 35.5. The van der Waals surface area contributed by atoms with Crippen molar-refractivity contribution < 1.29 is 22.7 Å². The Bertz CT molecular complexity index is 1190. The minimum absolute atomic E-state index is 0.0212. The summed E-state index contributed by atoms with van der Waals surface area (Å²) in [7, 11) is -2.17. The maximum absolute atomic E-state index is 13.4. The van der Waals surface area contributed by atoms with Gasteiger partial charge in [0.05, 0.1) is 19.1 Å². The minimum atomic E-state index is -3.64. The molecule has 2 aromatic carbocycles. The van der Waals surface area contributed by atoms with Crippen LogP contribution in [0, 0.1) is 0 Å². The number of hydrogen-bond acceptors (Lipinski definition) is 5. The third-order valence-corrected chi connectivity index (χ3v) is 7.80. The molecule has 0 unspecified atom stereocenters. The van der Waals surface area contributed by atoms with Gasteiger partial charge in [0.15, 0.2) is 0 Å². The lowest BCUT2D eigenvalue weighted by molar-refractivity contribution is -0.140. The lowest BCUT2D eigenvalue weighted by Gasteiger charge is -2.30. The van der Waals surface area contributed by atoms with E-state index in [4.69, 9.17) is 27.9 Å². The Morgan fingerprint density at radius 3 is 2.38 bits per heavy atom. The molecule has 0 radical (unpaired) electrons. The summed E-state index contributed by atoms with van der Waals surface area (Å²) < 4.78 is 31.6. The van der Waals surface area contributed by atoms with Crippen molar-refractivity contribution >= 4 is 50.7 Å². The van der Waals surface area contributed by atoms with Crippen LogP contribution in [-0.2, 0) is 26.2 Å². The number of rotatable bonds is 13. The zero-order valence-electron chi connectivity index (χ0n) is 21.8. The first-order valence-electron chi connectivity index (χ1n) is 12.0. The Labute approximate surface area is 229 Å². The van der Waals surface area contributed by atoms with Crippen LogP contribution in [0.25, 0.3) is 0 Å². The van der Waals surface area contributed by atoms with Crippen LogP contribution in [0.4, 0.5) is 5.69 Å². The second-order valence-corrected chi connectivity index (χ2v) is 11.6. The summed E-state index contributed by atoms with van der Waals surface area (Å²) in [5.74, 6) is -0.167. The highest BCUT2D eigenvalue weighted by Gasteiger charge is 2.28. The molecule has 1 N–H and O–H groups in total. The van der Waals surface area contributed by atoms with Crippen molar-refractivity contribution in [3.8, 4) is 5.75 Å². The molecule has 37 heavy (non-hydrogen) atoms. The van der Waals surface area contributed by atoms with Gasteiger partial charge in [0, 0.05) is 35.6 Å². The van der Waals surface area contributed by atoms with Gasteiger partial charge >= 0.3 is 0 Å². The molecular formula is C26H35Cl2N3O5S. The lowest BCUT2D eigenvalue weighted by Crippen LogP contribution is -2.49. The molecule has 11 heteroatoms. The van der Waals surface area contributed by atoms with Crippen molar-refractivity contribution in [1.82, 2.24) is 10.2 Å². The van der Waals surface area contributed by atoms with Crippen molar-refractivity contribution in [2.75, 3.05) is 24.2 Å². The average molecular weight is 573 g/mol. The number of nitrogens with zero attached hydrogens (tertiary/aromatic N) is 2. The number of amides is 2. The van der Waals surface area contributed by atoms with Crippen LogP contribution in [0.2, 0.25) is 10.0 Å². The van der Waals surface area contributed by atoms with Crippen LogP contribution < -0.4 is 14.4 Å². The molecule has 8 nitrogen and oxygen atoms in total. The van der Waals surface area contributed by atoms with Crippen molar-refractivity contribution in [1.29, 1.82) is 0 Å². The minimum Gasteiger partial charge on any atom is -0.495 e. The summed E-state index contributed by atoms with van der Waals surface area (Å²) in [4.78, 5) is 27.8. The van der Waals surface area contributed by atoms with Gasteiger partial charge in [0.2, 0.25) is 21.8 Å². The second-order valence-electron chi connectivity index (χ2n) is 8.86. The van der Waals surface area contributed by atoms with E-state index in [0.717, 1.165) is 12.7 Å². The van der Waals surface area contributed by atoms with Crippen molar-refractivity contribution in [3.05, 3.63) is 58.1 Å². The number of carbonyl (C=O) groups excluding carboxylic acids is 2. The number of benzene rings is 2. The van der Waals surface area contributed by atoms with E-state index in [1.807, 2.05) is 13.8 Å². The third kappa shape index (κ3) is 8.79. The van der Waals surface area contributed by atoms with E-state index in [0.29, 0.717) is 27.0 Å². The van der Waals surface area contributed by atoms with Crippen LogP contribution in [0.15, 0.2) is 42.5 Å². The van der Waals surface area contributed by atoms with Gasteiger partial charge in [-0.05, 0) is 56.5 Å². The number of halogens is 2. The molecule has 0 spiro atoms. The number of methoxy groups -OCH3 is 1. The van der Waals surface area contributed by atoms with Gasteiger partial charge in [-0.15, -0.1) is 0 Å². The van der Waals surface area contributed by atoms with Crippen LogP contribution in [0.1, 0.15) is 45.6 Å². The standard InChI is InChI=1S/C26H35Cl2N3O5S/c1-6-18(2)29-26(33)19(3)30(17-20-13-14-21(27)16-22(20)28)25(32)12-9-15-31(37(5,34)35)23-10-7-8-11-24(23)36-4/h7-8,10-11,13-14,16,18-19H,6,9,12,15,17H2,1-5H3,(H,29,33)/t18-,19-/m0/s1. The number of anilines is 1. The molecule has 2 rings (SSSR count). The molecule has 2 amide bonds. The Balaban J connectivity index is 2.24. The molecule has 0 aliphatic carbocycles. The molecule has 0 aromatic heterocycles. The number of sulfonamides is 1. The van der Waals surface area contributed by atoms with Gasteiger partial charge < -0.3 is 15.0 Å². The van der Waals surface area contributed by atoms with E-state index < -0.39 is 16.1 Å². The van der Waals surface area contributed by atoms with Gasteiger partial charge in [-0.1, -0.05) is 48.3 Å². The predicted octanol–water partition coefficient (Wildman–Crippen LogP) is 4.88. The summed E-state index contributed by atoms with van der Waals surface area (Å²) in [6, 6.07) is 11.0. The SMILES string of the molecule is CC[C@H](C)NC(=O)[C@H](C)N(Cc1ccc(Cl)cc1Cl)C(=O)CCCN(c1ccccc1OC)S(C)(=O)=O. The molecule has 0 saturated carbocycles. The predicted molar refractivity (Wildman–Crippen MR) is 149 cm³/mol. The number of ether oxygens (including phenoxy) is 1. The molecule has 2 aromatic rings. The normalized spacial score (nSPS) is 12.9. The van der Waals surface area contributed by atoms with Gasteiger partial charge in [0.1, 0.15) is 11.8 Å². The lowest BCUT2D eigenvalue weighted by atomic mass is 10.1. The molecule has 0 saturated heterocycles. The van der Waals surface area contributed by atoms with E-state index in [1.165, 1.54) is 16.3 Å². The first-order chi connectivity index (χ1) is 17.4. The molecule has 0 heterocycles. The molecule has 0 fully saturated rings. The molecule has 204 valence electrons. The molecule has 2 atom stereocenters. The Kier molecular flexibility index (Phi) is 11.5. The summed E-state index contributed by atoms with van der Waals surface area (Å²) in [5.41, 5.74) is 1.04. The number of nitrogens with one attached hydrogen (secondary N) is 1. The third-order valence-electron chi connectivity index (χ3n) is 6.03. The first-order valence-corrected chi connectivity index (χ1v) is 14.6. The smallest absolute Gasteiger partial charge is 0.242 e. The van der Waals surface area contributed by atoms with Crippen LogP contribution in [-0.4, -0.2) is 57.1 Å². The Morgan fingerprint density at radius 2 is 1.78 bits per heavy atom. The Hall–Kier alpha value is -2.49. The van der Waals surface area contributed by atoms with E-state index in [-0.39, 0.29) is 43.8 Å².